The van der Waals surface area contributed by atoms with E-state index in [9.17, 15) is 10.2 Å². The molecule has 116 valence electrons. The Balaban J connectivity index is 0.000000774. The maximum atomic E-state index is 9.97. The molecule has 5 N–H and O–H groups in total. The van der Waals surface area contributed by atoms with Gasteiger partial charge in [-0.2, -0.15) is 0 Å². The van der Waals surface area contributed by atoms with Crippen LogP contribution in [0.4, 0.5) is 5.69 Å². The Morgan fingerprint density at radius 2 is 2.00 bits per heavy atom. The fourth-order valence-electron chi connectivity index (χ4n) is 2.25. The summed E-state index contributed by atoms with van der Waals surface area (Å²) in [6, 6.07) is 1.62. The van der Waals surface area contributed by atoms with E-state index in [4.69, 9.17) is 15.6 Å². The van der Waals surface area contributed by atoms with Crippen molar-refractivity contribution in [3.05, 3.63) is 18.6 Å². The second-order valence-electron chi connectivity index (χ2n) is 4.45. The summed E-state index contributed by atoms with van der Waals surface area (Å²) >= 11 is 0. The van der Waals surface area contributed by atoms with Crippen LogP contribution in [-0.2, 0) is 4.74 Å². The Kier molecular flexibility index (Phi) is 4.73. The van der Waals surface area contributed by atoms with Gasteiger partial charge in [-0.05, 0) is 6.07 Å². The number of hydrogen-bond acceptors (Lipinski definition) is 7. The summed E-state index contributed by atoms with van der Waals surface area (Å²) < 4.78 is 6.91. The standard InChI is InChI=1S/C11H14N4O4.C2H6/c12-5-1-2-13-10-7(5)14-4-15(10)11-9(18)8(17)6(3-16)19-11;1-2/h1-2,4,6,8-9,11,16-18H,3H2,(H2,12,13);1-2H3. The van der Waals surface area contributed by atoms with Crippen molar-refractivity contribution >= 4 is 16.9 Å². The molecule has 3 rings (SSSR count). The van der Waals surface area contributed by atoms with Gasteiger partial charge < -0.3 is 25.8 Å². The number of aliphatic hydroxyl groups excluding tert-OH is 3. The SMILES string of the molecule is CC.Nc1ccnc2c1ncn2C1OC(CO)C(O)C1O. The number of aliphatic hydroxyl groups is 3. The number of pyridine rings is 1. The zero-order valence-corrected chi connectivity index (χ0v) is 11.9. The number of nitrogen functional groups attached to an aromatic ring is 1. The van der Waals surface area contributed by atoms with E-state index in [-0.39, 0.29) is 6.61 Å². The van der Waals surface area contributed by atoms with Crippen LogP contribution in [-0.4, -0.2) is 54.8 Å². The first-order valence-electron chi connectivity index (χ1n) is 6.83. The minimum atomic E-state index is -1.17. The van der Waals surface area contributed by atoms with Crippen LogP contribution in [0.15, 0.2) is 18.6 Å². The van der Waals surface area contributed by atoms with Crippen LogP contribution in [0.1, 0.15) is 20.1 Å². The Hall–Kier alpha value is -1.74. The molecule has 2 aromatic rings. The Morgan fingerprint density at radius 1 is 1.29 bits per heavy atom. The first kappa shape index (κ1) is 15.6. The smallest absolute Gasteiger partial charge is 0.165 e. The summed E-state index contributed by atoms with van der Waals surface area (Å²) in [6.07, 6.45) is -1.05. The molecule has 8 heteroatoms. The first-order valence-corrected chi connectivity index (χ1v) is 6.83. The van der Waals surface area contributed by atoms with Gasteiger partial charge in [0.25, 0.3) is 0 Å². The van der Waals surface area contributed by atoms with Crippen molar-refractivity contribution in [3.8, 4) is 0 Å². The number of imidazole rings is 1. The normalized spacial score (nSPS) is 28.4. The Bertz CT molecular complexity index is 603. The van der Waals surface area contributed by atoms with Gasteiger partial charge in [0.1, 0.15) is 23.8 Å². The molecular formula is C13H20N4O4. The minimum absolute atomic E-state index is 0.378. The molecule has 3 heterocycles. The van der Waals surface area contributed by atoms with E-state index < -0.39 is 24.5 Å². The molecule has 0 aliphatic carbocycles. The molecule has 4 unspecified atom stereocenters. The highest BCUT2D eigenvalue weighted by Gasteiger charge is 2.43. The van der Waals surface area contributed by atoms with Gasteiger partial charge in [0.05, 0.1) is 18.6 Å². The molecule has 0 saturated carbocycles. The number of nitrogens with zero attached hydrogens (tertiary/aromatic N) is 3. The predicted molar refractivity (Wildman–Crippen MR) is 76.3 cm³/mol. The molecule has 4 atom stereocenters. The minimum Gasteiger partial charge on any atom is -0.397 e. The number of ether oxygens (including phenoxy) is 1. The van der Waals surface area contributed by atoms with Crippen molar-refractivity contribution in [2.45, 2.75) is 38.4 Å². The number of nitrogens with two attached hydrogens (primary N) is 1. The van der Waals surface area contributed by atoms with Crippen LogP contribution in [0.5, 0.6) is 0 Å². The van der Waals surface area contributed by atoms with Crippen LogP contribution < -0.4 is 5.73 Å². The van der Waals surface area contributed by atoms with Crippen LogP contribution in [0.25, 0.3) is 11.2 Å². The van der Waals surface area contributed by atoms with Gasteiger partial charge in [0.15, 0.2) is 11.9 Å². The van der Waals surface area contributed by atoms with Crippen LogP contribution in [0.3, 0.4) is 0 Å². The largest absolute Gasteiger partial charge is 0.397 e. The highest BCUT2D eigenvalue weighted by Crippen LogP contribution is 2.31. The van der Waals surface area contributed by atoms with Gasteiger partial charge in [-0.15, -0.1) is 0 Å². The summed E-state index contributed by atoms with van der Waals surface area (Å²) in [5, 5.41) is 28.8. The molecule has 0 spiro atoms. The van der Waals surface area contributed by atoms with E-state index in [1.54, 1.807) is 6.07 Å². The molecule has 1 fully saturated rings. The topological polar surface area (TPSA) is 127 Å². The summed E-state index contributed by atoms with van der Waals surface area (Å²) in [6.45, 7) is 3.62. The summed E-state index contributed by atoms with van der Waals surface area (Å²) in [7, 11) is 0. The number of fused-ring (bicyclic) bond motifs is 1. The van der Waals surface area contributed by atoms with Crippen molar-refractivity contribution in [3.63, 3.8) is 0 Å². The maximum Gasteiger partial charge on any atom is 0.165 e. The molecule has 0 radical (unpaired) electrons. The van der Waals surface area contributed by atoms with Crippen LogP contribution in [0.2, 0.25) is 0 Å². The molecule has 1 saturated heterocycles. The maximum absolute atomic E-state index is 9.97. The predicted octanol–water partition coefficient (Wildman–Crippen LogP) is -0.349. The molecule has 8 nitrogen and oxygen atoms in total. The lowest BCUT2D eigenvalue weighted by Crippen LogP contribution is -2.33. The molecule has 0 amide bonds. The van der Waals surface area contributed by atoms with Gasteiger partial charge >= 0.3 is 0 Å². The van der Waals surface area contributed by atoms with Crippen molar-refractivity contribution in [2.75, 3.05) is 12.3 Å². The molecule has 2 aromatic heterocycles. The molecule has 1 aliphatic rings. The third kappa shape index (κ3) is 2.58. The van der Waals surface area contributed by atoms with Gasteiger partial charge in [-0.1, -0.05) is 13.8 Å². The average molecular weight is 296 g/mol. The van der Waals surface area contributed by atoms with Gasteiger partial charge in [-0.25, -0.2) is 9.97 Å². The lowest BCUT2D eigenvalue weighted by atomic mass is 10.1. The average Bonchev–Trinajstić information content (AvgIpc) is 3.05. The van der Waals surface area contributed by atoms with Gasteiger partial charge in [0, 0.05) is 6.20 Å². The third-order valence-corrected chi connectivity index (χ3v) is 3.28. The van der Waals surface area contributed by atoms with Gasteiger partial charge in [0.2, 0.25) is 0 Å². The summed E-state index contributed by atoms with van der Waals surface area (Å²) in [5.41, 5.74) is 7.20. The second kappa shape index (κ2) is 6.35. The lowest BCUT2D eigenvalue weighted by Gasteiger charge is -2.16. The van der Waals surface area contributed by atoms with Crippen molar-refractivity contribution in [1.29, 1.82) is 0 Å². The van der Waals surface area contributed by atoms with Crippen LogP contribution >= 0.6 is 0 Å². The Labute approximate surface area is 121 Å². The van der Waals surface area contributed by atoms with Crippen molar-refractivity contribution < 1.29 is 20.1 Å². The second-order valence-corrected chi connectivity index (χ2v) is 4.45. The number of aromatic nitrogens is 3. The van der Waals surface area contributed by atoms with E-state index in [0.29, 0.717) is 16.9 Å². The number of rotatable bonds is 2. The van der Waals surface area contributed by atoms with Crippen molar-refractivity contribution in [1.82, 2.24) is 14.5 Å². The molecule has 0 bridgehead atoms. The van der Waals surface area contributed by atoms with E-state index in [1.165, 1.54) is 17.1 Å². The summed E-state index contributed by atoms with van der Waals surface area (Å²) in [5.74, 6) is 0. The fourth-order valence-corrected chi connectivity index (χ4v) is 2.25. The van der Waals surface area contributed by atoms with Crippen LogP contribution in [0, 0.1) is 0 Å². The summed E-state index contributed by atoms with van der Waals surface area (Å²) in [4.78, 5) is 8.26. The number of hydrogen-bond donors (Lipinski definition) is 4. The van der Waals surface area contributed by atoms with E-state index in [2.05, 4.69) is 9.97 Å². The molecule has 0 aromatic carbocycles. The zero-order valence-electron chi connectivity index (χ0n) is 11.9. The highest BCUT2D eigenvalue weighted by atomic mass is 16.6. The van der Waals surface area contributed by atoms with Gasteiger partial charge in [-0.3, -0.25) is 4.57 Å². The van der Waals surface area contributed by atoms with E-state index >= 15 is 0 Å². The highest BCUT2D eigenvalue weighted by molar-refractivity contribution is 5.83. The van der Waals surface area contributed by atoms with E-state index in [0.717, 1.165) is 0 Å². The third-order valence-electron chi connectivity index (χ3n) is 3.28. The quantitative estimate of drug-likeness (QED) is 0.596. The molecule has 1 aliphatic heterocycles. The molecular weight excluding hydrogens is 276 g/mol. The number of anilines is 1. The van der Waals surface area contributed by atoms with Crippen molar-refractivity contribution in [2.24, 2.45) is 0 Å². The lowest BCUT2D eigenvalue weighted by molar-refractivity contribution is -0.0511. The monoisotopic (exact) mass is 296 g/mol. The fraction of sp³-hybridized carbons (Fsp3) is 0.538. The van der Waals surface area contributed by atoms with E-state index in [1.807, 2.05) is 13.8 Å². The zero-order chi connectivity index (χ0) is 15.6. The first-order chi connectivity index (χ1) is 10.1. The molecule has 21 heavy (non-hydrogen) atoms. The Morgan fingerprint density at radius 3 is 2.62 bits per heavy atom.